The zero-order valence-corrected chi connectivity index (χ0v) is 6.00. The summed E-state index contributed by atoms with van der Waals surface area (Å²) in [6.07, 6.45) is 2.35. The molecule has 1 aromatic heterocycles. The van der Waals surface area contributed by atoms with Crippen LogP contribution in [-0.4, -0.2) is 10.9 Å². The lowest BCUT2D eigenvalue weighted by atomic mass is 10.1. The summed E-state index contributed by atoms with van der Waals surface area (Å²) in [7, 11) is 0. The maximum atomic E-state index is 12.8. The van der Waals surface area contributed by atoms with Crippen molar-refractivity contribution in [3.63, 3.8) is 0 Å². The zero-order valence-electron chi connectivity index (χ0n) is 6.00. The molecule has 0 saturated heterocycles. The van der Waals surface area contributed by atoms with E-state index in [0.29, 0.717) is 0 Å². The second-order valence-electron chi connectivity index (χ2n) is 2.17. The van der Waals surface area contributed by atoms with Crippen molar-refractivity contribution in [2.45, 2.75) is 5.92 Å². The number of nitrogens with two attached hydrogens (primary N) is 1. The number of rotatable bonds is 2. The van der Waals surface area contributed by atoms with Crippen LogP contribution in [0, 0.1) is 0 Å². The monoisotopic (exact) mass is 172 g/mol. The molecule has 0 atom stereocenters. The summed E-state index contributed by atoms with van der Waals surface area (Å²) in [6.45, 7) is 0. The summed E-state index contributed by atoms with van der Waals surface area (Å²) in [5, 5.41) is 0. The highest BCUT2D eigenvalue weighted by atomic mass is 19.3. The number of amides is 1. The first-order chi connectivity index (χ1) is 5.55. The molecule has 0 aliphatic rings. The molecule has 0 aliphatic heterocycles. The Hall–Kier alpha value is -1.52. The third kappa shape index (κ3) is 1.39. The van der Waals surface area contributed by atoms with Gasteiger partial charge in [0.15, 0.2) is 0 Å². The number of alkyl halides is 2. The Morgan fingerprint density at radius 3 is 2.33 bits per heavy atom. The van der Waals surface area contributed by atoms with Gasteiger partial charge in [-0.25, -0.2) is 0 Å². The number of aromatic nitrogens is 1. The van der Waals surface area contributed by atoms with Gasteiger partial charge in [0, 0.05) is 18.0 Å². The number of primary amides is 1. The Kier molecular flexibility index (Phi) is 2.03. The van der Waals surface area contributed by atoms with Crippen molar-refractivity contribution in [1.29, 1.82) is 0 Å². The van der Waals surface area contributed by atoms with Gasteiger partial charge in [-0.15, -0.1) is 0 Å². The minimum atomic E-state index is -3.61. The van der Waals surface area contributed by atoms with Crippen molar-refractivity contribution in [2.24, 2.45) is 5.73 Å². The number of nitrogens with zero attached hydrogens (tertiary/aromatic N) is 1. The predicted molar refractivity (Wildman–Crippen MR) is 37.3 cm³/mol. The van der Waals surface area contributed by atoms with Gasteiger partial charge in [0.05, 0.1) is 0 Å². The molecule has 0 aromatic carbocycles. The maximum absolute atomic E-state index is 12.8. The van der Waals surface area contributed by atoms with Crippen LogP contribution in [-0.2, 0) is 10.7 Å². The number of carbonyl (C=O) groups excluding carboxylic acids is 1. The molecule has 3 nitrogen and oxygen atoms in total. The topological polar surface area (TPSA) is 56.0 Å². The van der Waals surface area contributed by atoms with Gasteiger partial charge < -0.3 is 5.73 Å². The van der Waals surface area contributed by atoms with Crippen LogP contribution >= 0.6 is 0 Å². The average molecular weight is 172 g/mol. The van der Waals surface area contributed by atoms with Crippen LogP contribution in [0.2, 0.25) is 0 Å². The van der Waals surface area contributed by atoms with Crippen LogP contribution in [0.5, 0.6) is 0 Å². The van der Waals surface area contributed by atoms with E-state index in [1.165, 1.54) is 12.4 Å². The van der Waals surface area contributed by atoms with Crippen molar-refractivity contribution in [2.75, 3.05) is 0 Å². The summed E-state index contributed by atoms with van der Waals surface area (Å²) in [5.74, 6) is -5.27. The molecule has 0 bridgehead atoms. The molecule has 2 N–H and O–H groups in total. The highest BCUT2D eigenvalue weighted by Crippen LogP contribution is 2.26. The normalized spacial score (nSPS) is 11.2. The molecule has 12 heavy (non-hydrogen) atoms. The van der Waals surface area contributed by atoms with Gasteiger partial charge in [0.25, 0.3) is 5.91 Å². The third-order valence-electron chi connectivity index (χ3n) is 1.35. The lowest BCUT2D eigenvalue weighted by Crippen LogP contribution is -2.32. The van der Waals surface area contributed by atoms with E-state index in [-0.39, 0.29) is 0 Å². The Bertz CT molecular complexity index is 287. The van der Waals surface area contributed by atoms with Crippen LogP contribution in [0.15, 0.2) is 24.5 Å². The largest absolute Gasteiger partial charge is 0.364 e. The minimum Gasteiger partial charge on any atom is -0.364 e. The smallest absolute Gasteiger partial charge is 0.349 e. The Labute approximate surface area is 67.2 Å². The lowest BCUT2D eigenvalue weighted by Gasteiger charge is -2.10. The molecule has 1 amide bonds. The summed E-state index contributed by atoms with van der Waals surface area (Å²) in [5.41, 5.74) is 4.05. The van der Waals surface area contributed by atoms with E-state index in [9.17, 15) is 13.6 Å². The highest BCUT2D eigenvalue weighted by molar-refractivity contribution is 5.82. The van der Waals surface area contributed by atoms with Gasteiger partial charge in [0.2, 0.25) is 0 Å². The van der Waals surface area contributed by atoms with Gasteiger partial charge in [0.1, 0.15) is 0 Å². The first-order valence-electron chi connectivity index (χ1n) is 3.13. The van der Waals surface area contributed by atoms with Crippen LogP contribution < -0.4 is 5.73 Å². The zero-order chi connectivity index (χ0) is 9.19. The van der Waals surface area contributed by atoms with Gasteiger partial charge in [-0.3, -0.25) is 9.78 Å². The van der Waals surface area contributed by atoms with E-state index < -0.39 is 17.4 Å². The Morgan fingerprint density at radius 1 is 1.42 bits per heavy atom. The van der Waals surface area contributed by atoms with E-state index in [4.69, 9.17) is 0 Å². The van der Waals surface area contributed by atoms with E-state index in [1.54, 1.807) is 0 Å². The molecule has 0 unspecified atom stereocenters. The van der Waals surface area contributed by atoms with E-state index in [0.717, 1.165) is 12.1 Å². The van der Waals surface area contributed by atoms with Gasteiger partial charge >= 0.3 is 5.92 Å². The quantitative estimate of drug-likeness (QED) is 0.712. The number of hydrogen-bond donors (Lipinski definition) is 1. The average Bonchev–Trinajstić information content (AvgIpc) is 2.06. The first-order valence-corrected chi connectivity index (χ1v) is 3.13. The molecule has 1 heterocycles. The fraction of sp³-hybridized carbons (Fsp3) is 0.143. The molecule has 0 fully saturated rings. The van der Waals surface area contributed by atoms with Crippen LogP contribution in [0.3, 0.4) is 0 Å². The van der Waals surface area contributed by atoms with Crippen LogP contribution in [0.1, 0.15) is 5.56 Å². The lowest BCUT2D eigenvalue weighted by molar-refractivity contribution is -0.143. The standard InChI is InChI=1S/C7H6F2N2O/c8-7(9,6(10)12)5-1-3-11-4-2-5/h1-4H,(H2,10,12). The second-order valence-corrected chi connectivity index (χ2v) is 2.17. The second kappa shape index (κ2) is 2.84. The molecule has 1 aromatic rings. The number of hydrogen-bond acceptors (Lipinski definition) is 2. The third-order valence-corrected chi connectivity index (χ3v) is 1.35. The van der Waals surface area contributed by atoms with E-state index in [2.05, 4.69) is 10.7 Å². The van der Waals surface area contributed by atoms with Gasteiger partial charge in [-0.1, -0.05) is 0 Å². The summed E-state index contributed by atoms with van der Waals surface area (Å²) >= 11 is 0. The van der Waals surface area contributed by atoms with Crippen molar-refractivity contribution in [3.8, 4) is 0 Å². The number of pyridine rings is 1. The fourth-order valence-electron chi connectivity index (χ4n) is 0.703. The Balaban J connectivity index is 3.06. The predicted octanol–water partition coefficient (Wildman–Crippen LogP) is 0.659. The van der Waals surface area contributed by atoms with E-state index >= 15 is 0 Å². The van der Waals surface area contributed by atoms with E-state index in [1.807, 2.05) is 0 Å². The maximum Gasteiger partial charge on any atom is 0.349 e. The summed E-state index contributed by atoms with van der Waals surface area (Å²) in [4.78, 5) is 13.8. The number of halogens is 2. The molecule has 64 valence electrons. The van der Waals surface area contributed by atoms with Crippen molar-refractivity contribution in [1.82, 2.24) is 4.98 Å². The van der Waals surface area contributed by atoms with Gasteiger partial charge in [-0.05, 0) is 12.1 Å². The molecule has 0 aliphatic carbocycles. The van der Waals surface area contributed by atoms with Crippen molar-refractivity contribution < 1.29 is 13.6 Å². The van der Waals surface area contributed by atoms with Crippen LogP contribution in [0.25, 0.3) is 0 Å². The summed E-state index contributed by atoms with van der Waals surface area (Å²) < 4.78 is 25.6. The first kappa shape index (κ1) is 8.58. The molecule has 0 spiro atoms. The van der Waals surface area contributed by atoms with Gasteiger partial charge in [-0.2, -0.15) is 8.78 Å². The number of carbonyl (C=O) groups is 1. The molecule has 0 saturated carbocycles. The molecular weight excluding hydrogens is 166 g/mol. The molecular formula is C7H6F2N2O. The minimum absolute atomic E-state index is 0.440. The molecule has 1 rings (SSSR count). The van der Waals surface area contributed by atoms with Crippen molar-refractivity contribution >= 4 is 5.91 Å². The molecule has 0 radical (unpaired) electrons. The Morgan fingerprint density at radius 2 is 1.92 bits per heavy atom. The van der Waals surface area contributed by atoms with Crippen LogP contribution in [0.4, 0.5) is 8.78 Å². The fourth-order valence-corrected chi connectivity index (χ4v) is 0.703. The molecule has 5 heteroatoms. The SMILES string of the molecule is NC(=O)C(F)(F)c1ccncc1. The van der Waals surface area contributed by atoms with Crippen molar-refractivity contribution in [3.05, 3.63) is 30.1 Å². The highest BCUT2D eigenvalue weighted by Gasteiger charge is 2.38. The summed E-state index contributed by atoms with van der Waals surface area (Å²) in [6, 6.07) is 2.09.